The van der Waals surface area contributed by atoms with Crippen LogP contribution in [0, 0.1) is 5.92 Å². The maximum Gasteiger partial charge on any atom is 0.409 e. The van der Waals surface area contributed by atoms with Crippen LogP contribution in [0.5, 0.6) is 0 Å². The molecule has 1 atom stereocenters. The Morgan fingerprint density at radius 1 is 1.12 bits per heavy atom. The lowest BCUT2D eigenvalue weighted by Crippen LogP contribution is -2.35. The number of carbonyl (C=O) groups is 1. The van der Waals surface area contributed by atoms with Crippen molar-refractivity contribution >= 4 is 17.1 Å². The van der Waals surface area contributed by atoms with Crippen LogP contribution in [0.3, 0.4) is 0 Å². The molecule has 0 unspecified atom stereocenters. The van der Waals surface area contributed by atoms with Gasteiger partial charge in [-0.3, -0.25) is 0 Å². The molecule has 1 aliphatic carbocycles. The van der Waals surface area contributed by atoms with Crippen molar-refractivity contribution in [1.82, 2.24) is 14.5 Å². The predicted octanol–water partition coefficient (Wildman–Crippen LogP) is 6.26. The van der Waals surface area contributed by atoms with Gasteiger partial charge >= 0.3 is 6.09 Å². The first kappa shape index (κ1) is 22.0. The van der Waals surface area contributed by atoms with E-state index in [1.54, 1.807) is 4.90 Å². The number of carbonyl (C=O) groups excluding carboxylic acids is 1. The Hall–Kier alpha value is -2.82. The summed E-state index contributed by atoms with van der Waals surface area (Å²) >= 11 is 0. The molecule has 0 N–H and O–H groups in total. The number of benzene rings is 2. The van der Waals surface area contributed by atoms with Crippen molar-refractivity contribution in [3.63, 3.8) is 0 Å². The van der Waals surface area contributed by atoms with Crippen LogP contribution in [0.4, 0.5) is 4.79 Å². The van der Waals surface area contributed by atoms with Gasteiger partial charge < -0.3 is 14.2 Å². The van der Waals surface area contributed by atoms with Crippen molar-refractivity contribution in [1.29, 1.82) is 0 Å². The Morgan fingerprint density at radius 2 is 1.88 bits per heavy atom. The number of aromatic nitrogens is 2. The average Bonchev–Trinajstić information content (AvgIpc) is 3.24. The van der Waals surface area contributed by atoms with Crippen molar-refractivity contribution < 1.29 is 9.53 Å². The highest BCUT2D eigenvalue weighted by Gasteiger charge is 2.30. The lowest BCUT2D eigenvalue weighted by molar-refractivity contribution is 0.119. The topological polar surface area (TPSA) is 47.4 Å². The van der Waals surface area contributed by atoms with E-state index in [1.165, 1.54) is 60.8 Å². The van der Waals surface area contributed by atoms with Crippen molar-refractivity contribution in [2.75, 3.05) is 13.7 Å². The monoisotopic (exact) mass is 445 g/mol. The van der Waals surface area contributed by atoms with E-state index in [9.17, 15) is 4.79 Å². The first-order valence-corrected chi connectivity index (χ1v) is 12.4. The molecule has 2 aromatic carbocycles. The van der Waals surface area contributed by atoms with Gasteiger partial charge in [0, 0.05) is 24.1 Å². The number of ether oxygens (including phenoxy) is 1. The van der Waals surface area contributed by atoms with Gasteiger partial charge in [0.1, 0.15) is 5.82 Å². The second-order valence-corrected chi connectivity index (χ2v) is 10.0. The lowest BCUT2D eigenvalue weighted by Gasteiger charge is -2.28. The zero-order chi connectivity index (χ0) is 22.9. The number of fused-ring (bicyclic) bond motifs is 3. The third-order valence-electron chi connectivity index (χ3n) is 7.72. The van der Waals surface area contributed by atoms with E-state index >= 15 is 0 Å². The van der Waals surface area contributed by atoms with E-state index in [4.69, 9.17) is 9.72 Å². The zero-order valence-corrected chi connectivity index (χ0v) is 20.1. The highest BCUT2D eigenvalue weighted by atomic mass is 16.5. The fourth-order valence-electron chi connectivity index (χ4n) is 5.81. The molecule has 33 heavy (non-hydrogen) atoms. The Morgan fingerprint density at radius 3 is 2.61 bits per heavy atom. The van der Waals surface area contributed by atoms with Crippen LogP contribution in [0.2, 0.25) is 0 Å². The highest BCUT2D eigenvalue weighted by molar-refractivity contribution is 5.82. The van der Waals surface area contributed by atoms with Crippen LogP contribution in [0.1, 0.15) is 74.0 Å². The molecule has 1 aliphatic heterocycles. The van der Waals surface area contributed by atoms with Crippen molar-refractivity contribution in [2.45, 2.75) is 70.9 Å². The third kappa shape index (κ3) is 4.25. The van der Waals surface area contributed by atoms with Crippen molar-refractivity contribution in [3.05, 3.63) is 65.0 Å². The van der Waals surface area contributed by atoms with E-state index in [2.05, 4.69) is 60.9 Å². The van der Waals surface area contributed by atoms with Crippen LogP contribution in [-0.4, -0.2) is 34.2 Å². The molecule has 1 amide bonds. The van der Waals surface area contributed by atoms with E-state index in [-0.39, 0.29) is 6.09 Å². The largest absolute Gasteiger partial charge is 0.453 e. The Labute approximate surface area is 196 Å². The molecule has 1 fully saturated rings. The molecular weight excluding hydrogens is 410 g/mol. The van der Waals surface area contributed by atoms with E-state index in [0.29, 0.717) is 25.0 Å². The lowest BCUT2D eigenvalue weighted by atomic mass is 9.82. The van der Waals surface area contributed by atoms with Crippen LogP contribution in [0.25, 0.3) is 11.0 Å². The maximum atomic E-state index is 12.3. The van der Waals surface area contributed by atoms with Crippen LogP contribution in [0.15, 0.2) is 42.5 Å². The molecule has 5 rings (SSSR count). The van der Waals surface area contributed by atoms with E-state index in [0.717, 1.165) is 24.3 Å². The summed E-state index contributed by atoms with van der Waals surface area (Å²) in [6, 6.07) is 15.6. The van der Waals surface area contributed by atoms with Gasteiger partial charge in [0.2, 0.25) is 0 Å². The smallest absolute Gasteiger partial charge is 0.409 e. The molecule has 1 aromatic heterocycles. The summed E-state index contributed by atoms with van der Waals surface area (Å²) in [5.74, 6) is 2.55. The van der Waals surface area contributed by atoms with E-state index < -0.39 is 0 Å². The fourth-order valence-corrected chi connectivity index (χ4v) is 5.81. The summed E-state index contributed by atoms with van der Waals surface area (Å²) in [7, 11) is 1.46. The molecular formula is C28H35N3O2. The molecule has 5 heteroatoms. The third-order valence-corrected chi connectivity index (χ3v) is 7.72. The zero-order valence-electron chi connectivity index (χ0n) is 20.1. The summed E-state index contributed by atoms with van der Waals surface area (Å²) in [4.78, 5) is 19.4. The number of rotatable bonds is 4. The number of hydrogen-bond donors (Lipinski definition) is 0. The minimum Gasteiger partial charge on any atom is -0.453 e. The summed E-state index contributed by atoms with van der Waals surface area (Å²) in [6.07, 6.45) is 6.54. The van der Waals surface area contributed by atoms with Gasteiger partial charge in [0.15, 0.2) is 0 Å². The van der Waals surface area contributed by atoms with Crippen LogP contribution >= 0.6 is 0 Å². The number of hydrogen-bond acceptors (Lipinski definition) is 3. The van der Waals surface area contributed by atoms with Gasteiger partial charge in [-0.05, 0) is 55.7 Å². The van der Waals surface area contributed by atoms with E-state index in [1.807, 2.05) is 0 Å². The molecule has 5 nitrogen and oxygen atoms in total. The second kappa shape index (κ2) is 9.20. The normalized spacial score (nSPS) is 21.6. The molecule has 174 valence electrons. The van der Waals surface area contributed by atoms with Gasteiger partial charge in [-0.1, -0.05) is 56.2 Å². The standard InChI is InChI=1S/C28H35N3O2/c1-19-9-11-23(12-10-19)27-29-26-24-18-30(28(32)33-3)16-15-22(24)13-14-25(26)31(27)20(2)17-21-7-5-4-6-8-21/h4-8,13-14,19-20,23H,9-12,15-18H2,1-3H3/t19-,20-,23+/m0/s1. The second-order valence-electron chi connectivity index (χ2n) is 10.0. The number of methoxy groups -OCH3 is 1. The number of amides is 1. The molecule has 1 saturated carbocycles. The molecule has 2 aliphatic rings. The summed E-state index contributed by atoms with van der Waals surface area (Å²) in [5, 5.41) is 0. The molecule has 0 radical (unpaired) electrons. The first-order chi connectivity index (χ1) is 16.0. The summed E-state index contributed by atoms with van der Waals surface area (Å²) in [6.45, 7) is 5.96. The van der Waals surface area contributed by atoms with Crippen LogP contribution in [-0.2, 0) is 24.1 Å². The molecule has 0 bridgehead atoms. The minimum absolute atomic E-state index is 0.254. The SMILES string of the molecule is COC(=O)N1CCc2ccc3c(nc([C@H]4CC[C@@H](C)CC4)n3[C@@H](C)Cc3ccccc3)c2C1. The van der Waals surface area contributed by atoms with Crippen molar-refractivity contribution in [3.8, 4) is 0 Å². The summed E-state index contributed by atoms with van der Waals surface area (Å²) in [5.41, 5.74) is 6.14. The Kier molecular flexibility index (Phi) is 6.13. The quantitative estimate of drug-likeness (QED) is 0.476. The van der Waals surface area contributed by atoms with Gasteiger partial charge in [0.25, 0.3) is 0 Å². The molecule has 0 spiro atoms. The maximum absolute atomic E-state index is 12.3. The van der Waals surface area contributed by atoms with Crippen LogP contribution < -0.4 is 0 Å². The predicted molar refractivity (Wildman–Crippen MR) is 131 cm³/mol. The molecule has 0 saturated heterocycles. The molecule has 3 aromatic rings. The summed E-state index contributed by atoms with van der Waals surface area (Å²) < 4.78 is 7.53. The minimum atomic E-state index is -0.254. The fraction of sp³-hybridized carbons (Fsp3) is 0.500. The average molecular weight is 446 g/mol. The molecule has 2 heterocycles. The number of nitrogens with zero attached hydrogens (tertiary/aromatic N) is 3. The highest BCUT2D eigenvalue weighted by Crippen LogP contribution is 2.39. The number of imidazole rings is 1. The Balaban J connectivity index is 1.59. The van der Waals surface area contributed by atoms with Crippen molar-refractivity contribution in [2.24, 2.45) is 5.92 Å². The van der Waals surface area contributed by atoms with Gasteiger partial charge in [-0.25, -0.2) is 9.78 Å². The van der Waals surface area contributed by atoms with Gasteiger partial charge in [0.05, 0.1) is 24.7 Å². The first-order valence-electron chi connectivity index (χ1n) is 12.4. The Bertz CT molecular complexity index is 1130. The van der Waals surface area contributed by atoms with Gasteiger partial charge in [-0.15, -0.1) is 0 Å². The van der Waals surface area contributed by atoms with Gasteiger partial charge in [-0.2, -0.15) is 0 Å².